The second kappa shape index (κ2) is 7.33. The fourth-order valence-corrected chi connectivity index (χ4v) is 2.03. The van der Waals surface area contributed by atoms with Crippen molar-refractivity contribution in [3.05, 3.63) is 22.4 Å². The number of Topliss-reactive ketones (excluding diaryl/α,β-unsaturated/α-hetero) is 1. The van der Waals surface area contributed by atoms with E-state index >= 15 is 0 Å². The lowest BCUT2D eigenvalue weighted by molar-refractivity contribution is 0.0946. The van der Waals surface area contributed by atoms with Crippen LogP contribution in [-0.2, 0) is 4.74 Å². The minimum atomic E-state index is -1.64. The minimum Gasteiger partial charge on any atom is -0.445 e. The van der Waals surface area contributed by atoms with Gasteiger partial charge < -0.3 is 9.64 Å². The molecule has 0 atom stereocenters. The molecule has 106 valence electrons. The summed E-state index contributed by atoms with van der Waals surface area (Å²) >= 11 is 17.7. The van der Waals surface area contributed by atoms with E-state index in [4.69, 9.17) is 39.5 Å². The SMILES string of the molecule is CN(CCC(=O)c1cccs1)C(=O)OCC(Cl)(Cl)Cl. The van der Waals surface area contributed by atoms with Crippen molar-refractivity contribution in [2.45, 2.75) is 10.2 Å². The molecule has 1 rings (SSSR count). The maximum atomic E-state index is 11.7. The molecule has 1 heterocycles. The van der Waals surface area contributed by atoms with E-state index < -0.39 is 9.89 Å². The van der Waals surface area contributed by atoms with E-state index in [1.807, 2.05) is 5.38 Å². The third-order valence-electron chi connectivity index (χ3n) is 2.14. The highest BCUT2D eigenvalue weighted by atomic mass is 35.6. The fourth-order valence-electron chi connectivity index (χ4n) is 1.17. The number of hydrogen-bond donors (Lipinski definition) is 0. The number of rotatable bonds is 5. The molecule has 8 heteroatoms. The molecule has 0 aliphatic rings. The van der Waals surface area contributed by atoms with Gasteiger partial charge in [0.05, 0.1) is 4.88 Å². The average molecular weight is 345 g/mol. The maximum Gasteiger partial charge on any atom is 0.409 e. The smallest absolute Gasteiger partial charge is 0.409 e. The highest BCUT2D eigenvalue weighted by Gasteiger charge is 2.23. The first-order chi connectivity index (χ1) is 8.79. The number of nitrogens with zero attached hydrogens (tertiary/aromatic N) is 1. The summed E-state index contributed by atoms with van der Waals surface area (Å²) in [6, 6.07) is 3.55. The van der Waals surface area contributed by atoms with E-state index in [9.17, 15) is 9.59 Å². The summed E-state index contributed by atoms with van der Waals surface area (Å²) in [7, 11) is 1.52. The van der Waals surface area contributed by atoms with Crippen molar-refractivity contribution in [2.75, 3.05) is 20.2 Å². The van der Waals surface area contributed by atoms with Crippen LogP contribution in [0.4, 0.5) is 4.79 Å². The predicted molar refractivity (Wildman–Crippen MR) is 77.5 cm³/mol. The van der Waals surface area contributed by atoms with Gasteiger partial charge in [0.25, 0.3) is 0 Å². The van der Waals surface area contributed by atoms with Crippen molar-refractivity contribution in [1.82, 2.24) is 4.90 Å². The van der Waals surface area contributed by atoms with Crippen molar-refractivity contribution >= 4 is 58.0 Å². The molecule has 0 unspecified atom stereocenters. The lowest BCUT2D eigenvalue weighted by Crippen LogP contribution is -2.31. The summed E-state index contributed by atoms with van der Waals surface area (Å²) < 4.78 is 3.14. The van der Waals surface area contributed by atoms with Crippen molar-refractivity contribution in [1.29, 1.82) is 0 Å². The summed E-state index contributed by atoms with van der Waals surface area (Å²) in [5.41, 5.74) is 0. The number of carbonyl (C=O) groups excluding carboxylic acids is 2. The molecule has 0 bridgehead atoms. The monoisotopic (exact) mass is 343 g/mol. The Morgan fingerprint density at radius 1 is 1.42 bits per heavy atom. The number of thiophene rings is 1. The van der Waals surface area contributed by atoms with Crippen LogP contribution < -0.4 is 0 Å². The highest BCUT2D eigenvalue weighted by Crippen LogP contribution is 2.26. The van der Waals surface area contributed by atoms with Gasteiger partial charge in [-0.3, -0.25) is 4.79 Å². The van der Waals surface area contributed by atoms with E-state index in [0.717, 1.165) is 0 Å². The molecule has 19 heavy (non-hydrogen) atoms. The van der Waals surface area contributed by atoms with Gasteiger partial charge in [0, 0.05) is 20.0 Å². The van der Waals surface area contributed by atoms with Crippen molar-refractivity contribution in [2.24, 2.45) is 0 Å². The Bertz CT molecular complexity index is 431. The Morgan fingerprint density at radius 2 is 2.11 bits per heavy atom. The van der Waals surface area contributed by atoms with Crippen LogP contribution >= 0.6 is 46.1 Å². The summed E-state index contributed by atoms with van der Waals surface area (Å²) in [6.45, 7) is -0.0882. The van der Waals surface area contributed by atoms with Crippen LogP contribution in [0.15, 0.2) is 17.5 Å². The molecule has 0 spiro atoms. The minimum absolute atomic E-state index is 0.0176. The second-order valence-electron chi connectivity index (χ2n) is 3.74. The van der Waals surface area contributed by atoms with E-state index in [-0.39, 0.29) is 25.4 Å². The molecule has 0 aliphatic heterocycles. The van der Waals surface area contributed by atoms with Gasteiger partial charge in [-0.1, -0.05) is 40.9 Å². The van der Waals surface area contributed by atoms with Crippen LogP contribution in [0.25, 0.3) is 0 Å². The van der Waals surface area contributed by atoms with E-state index in [2.05, 4.69) is 0 Å². The first-order valence-corrected chi connectivity index (χ1v) is 7.32. The molecule has 0 fully saturated rings. The van der Waals surface area contributed by atoms with Crippen molar-refractivity contribution in [3.8, 4) is 0 Å². The lowest BCUT2D eigenvalue weighted by atomic mass is 10.2. The number of amides is 1. The van der Waals surface area contributed by atoms with Crippen LogP contribution in [0.2, 0.25) is 0 Å². The molecule has 0 aliphatic carbocycles. The maximum absolute atomic E-state index is 11.7. The molecular formula is C11H12Cl3NO3S. The Balaban J connectivity index is 2.33. The van der Waals surface area contributed by atoms with Gasteiger partial charge in [0.2, 0.25) is 3.79 Å². The van der Waals surface area contributed by atoms with Crippen LogP contribution in [0.1, 0.15) is 16.1 Å². The molecule has 0 saturated carbocycles. The Labute approximate surface area is 130 Å². The van der Waals surface area contributed by atoms with Gasteiger partial charge >= 0.3 is 6.09 Å². The second-order valence-corrected chi connectivity index (χ2v) is 7.21. The number of alkyl halides is 3. The van der Waals surface area contributed by atoms with Gasteiger partial charge in [-0.25, -0.2) is 4.79 Å². The molecule has 0 aromatic carbocycles. The molecular weight excluding hydrogens is 333 g/mol. The van der Waals surface area contributed by atoms with E-state index in [1.54, 1.807) is 12.1 Å². The third-order valence-corrected chi connectivity index (χ3v) is 3.38. The van der Waals surface area contributed by atoms with Crippen LogP contribution in [-0.4, -0.2) is 40.8 Å². The summed E-state index contributed by atoms with van der Waals surface area (Å²) in [4.78, 5) is 25.2. The fraction of sp³-hybridized carbons (Fsp3) is 0.455. The Morgan fingerprint density at radius 3 is 2.63 bits per heavy atom. The highest BCUT2D eigenvalue weighted by molar-refractivity contribution is 7.12. The molecule has 0 saturated heterocycles. The average Bonchev–Trinajstić information content (AvgIpc) is 2.85. The normalized spacial score (nSPS) is 11.2. The van der Waals surface area contributed by atoms with Gasteiger partial charge in [-0.05, 0) is 11.4 Å². The zero-order valence-corrected chi connectivity index (χ0v) is 13.2. The Hall–Kier alpha value is -0.490. The zero-order chi connectivity index (χ0) is 14.5. The van der Waals surface area contributed by atoms with E-state index in [0.29, 0.717) is 4.88 Å². The van der Waals surface area contributed by atoms with Gasteiger partial charge in [-0.15, -0.1) is 11.3 Å². The van der Waals surface area contributed by atoms with Gasteiger partial charge in [0.15, 0.2) is 5.78 Å². The number of hydrogen-bond acceptors (Lipinski definition) is 4. The number of halogens is 3. The van der Waals surface area contributed by atoms with Gasteiger partial charge in [-0.2, -0.15) is 0 Å². The topological polar surface area (TPSA) is 46.6 Å². The summed E-state index contributed by atoms with van der Waals surface area (Å²) in [5.74, 6) is -0.0176. The quantitative estimate of drug-likeness (QED) is 0.603. The number of ketones is 1. The number of ether oxygens (including phenoxy) is 1. The number of carbonyl (C=O) groups is 2. The van der Waals surface area contributed by atoms with Crippen LogP contribution in [0, 0.1) is 0 Å². The van der Waals surface area contributed by atoms with Gasteiger partial charge in [0.1, 0.15) is 6.61 Å². The van der Waals surface area contributed by atoms with E-state index in [1.165, 1.54) is 23.3 Å². The molecule has 0 radical (unpaired) electrons. The summed E-state index contributed by atoms with van der Waals surface area (Å²) in [5, 5.41) is 1.83. The van der Waals surface area contributed by atoms with Crippen LogP contribution in [0.5, 0.6) is 0 Å². The van der Waals surface area contributed by atoms with Crippen LogP contribution in [0.3, 0.4) is 0 Å². The first-order valence-electron chi connectivity index (χ1n) is 5.31. The van der Waals surface area contributed by atoms with Crippen molar-refractivity contribution < 1.29 is 14.3 Å². The first kappa shape index (κ1) is 16.6. The third kappa shape index (κ3) is 6.47. The molecule has 1 amide bonds. The zero-order valence-electron chi connectivity index (χ0n) is 10.1. The standard InChI is InChI=1S/C11H12Cl3NO3S/c1-15(10(17)18-7-11(12,13)14)5-4-8(16)9-3-2-6-19-9/h2-3,6H,4-5,7H2,1H3. The summed E-state index contributed by atoms with van der Waals surface area (Å²) in [6.07, 6.45) is -0.412. The molecule has 1 aromatic rings. The Kier molecular flexibility index (Phi) is 6.39. The molecule has 4 nitrogen and oxygen atoms in total. The predicted octanol–water partition coefficient (Wildman–Crippen LogP) is 3.76. The van der Waals surface area contributed by atoms with Crippen molar-refractivity contribution in [3.63, 3.8) is 0 Å². The largest absolute Gasteiger partial charge is 0.445 e. The lowest BCUT2D eigenvalue weighted by Gasteiger charge is -2.18. The molecule has 0 N–H and O–H groups in total. The molecule has 1 aromatic heterocycles.